The number of sulfone groups is 1. The molecule has 1 aliphatic heterocycles. The molecule has 7 heteroatoms. The van der Waals surface area contributed by atoms with Crippen molar-refractivity contribution >= 4 is 25.8 Å². The number of hydrogen-bond donors (Lipinski definition) is 1. The highest BCUT2D eigenvalue weighted by molar-refractivity contribution is 9.10. The molecule has 2 unspecified atom stereocenters. The van der Waals surface area contributed by atoms with E-state index in [9.17, 15) is 8.42 Å². The number of nitrogens with two attached hydrogens (primary N) is 1. The molecule has 1 aliphatic rings. The molecule has 1 aromatic heterocycles. The van der Waals surface area contributed by atoms with Gasteiger partial charge >= 0.3 is 0 Å². The first-order valence-corrected chi connectivity index (χ1v) is 10.2. The fourth-order valence-electron chi connectivity index (χ4n) is 3.03. The molecule has 2 atom stereocenters. The van der Waals surface area contributed by atoms with Crippen molar-refractivity contribution in [1.29, 1.82) is 0 Å². The molecule has 0 saturated carbocycles. The first-order valence-electron chi connectivity index (χ1n) is 7.56. The quantitative estimate of drug-likeness (QED) is 0.821. The van der Waals surface area contributed by atoms with E-state index in [4.69, 9.17) is 5.73 Å². The molecule has 0 radical (unpaired) electrons. The van der Waals surface area contributed by atoms with Gasteiger partial charge in [0.1, 0.15) is 0 Å². The third-order valence-electron chi connectivity index (χ3n) is 4.11. The first-order chi connectivity index (χ1) is 9.86. The lowest BCUT2D eigenvalue weighted by molar-refractivity contribution is 0.457. The molecule has 5 nitrogen and oxygen atoms in total. The maximum Gasteiger partial charge on any atom is 0.150 e. The zero-order valence-corrected chi connectivity index (χ0v) is 15.1. The minimum atomic E-state index is -2.82. The summed E-state index contributed by atoms with van der Waals surface area (Å²) in [6.45, 7) is 4.97. The maximum atomic E-state index is 11.5. The average Bonchev–Trinajstić information content (AvgIpc) is 2.90. The van der Waals surface area contributed by atoms with E-state index < -0.39 is 9.84 Å². The monoisotopic (exact) mass is 377 g/mol. The highest BCUT2D eigenvalue weighted by Crippen LogP contribution is 2.27. The summed E-state index contributed by atoms with van der Waals surface area (Å²) in [6.07, 6.45) is 3.14. The summed E-state index contributed by atoms with van der Waals surface area (Å²) in [6, 6.07) is -0.0219. The zero-order valence-electron chi connectivity index (χ0n) is 12.7. The van der Waals surface area contributed by atoms with Gasteiger partial charge in [0, 0.05) is 19.0 Å². The van der Waals surface area contributed by atoms with Crippen molar-refractivity contribution in [1.82, 2.24) is 9.78 Å². The van der Waals surface area contributed by atoms with Crippen molar-refractivity contribution in [2.45, 2.75) is 52.1 Å². The number of rotatable bonds is 6. The van der Waals surface area contributed by atoms with Crippen LogP contribution in [-0.2, 0) is 29.2 Å². The fourth-order valence-corrected chi connectivity index (χ4v) is 5.64. The largest absolute Gasteiger partial charge is 0.327 e. The maximum absolute atomic E-state index is 11.5. The van der Waals surface area contributed by atoms with Crippen molar-refractivity contribution in [2.24, 2.45) is 11.7 Å². The number of nitrogens with zero attached hydrogens (tertiary/aromatic N) is 2. The van der Waals surface area contributed by atoms with Crippen LogP contribution in [0, 0.1) is 5.92 Å². The Balaban J connectivity index is 2.03. The Morgan fingerprint density at radius 1 is 1.48 bits per heavy atom. The molecule has 2 heterocycles. The Bertz CT molecular complexity index is 598. The van der Waals surface area contributed by atoms with E-state index >= 15 is 0 Å². The van der Waals surface area contributed by atoms with Crippen LogP contribution in [0.4, 0.5) is 0 Å². The van der Waals surface area contributed by atoms with Crippen LogP contribution in [-0.4, -0.2) is 35.7 Å². The number of aromatic nitrogens is 2. The molecular formula is C14H24BrN3O2S. The van der Waals surface area contributed by atoms with Crippen LogP contribution in [0.5, 0.6) is 0 Å². The van der Waals surface area contributed by atoms with Crippen LogP contribution in [0.15, 0.2) is 4.47 Å². The molecule has 0 amide bonds. The molecule has 21 heavy (non-hydrogen) atoms. The van der Waals surface area contributed by atoms with Crippen LogP contribution in [0.2, 0.25) is 0 Å². The molecule has 1 fully saturated rings. The second kappa shape index (κ2) is 6.79. The summed E-state index contributed by atoms with van der Waals surface area (Å²) in [5, 5.41) is 4.57. The molecule has 1 aromatic rings. The van der Waals surface area contributed by atoms with Crippen LogP contribution < -0.4 is 5.73 Å². The van der Waals surface area contributed by atoms with Crippen molar-refractivity contribution in [2.75, 3.05) is 11.5 Å². The highest BCUT2D eigenvalue weighted by Gasteiger charge is 2.29. The average molecular weight is 378 g/mol. The van der Waals surface area contributed by atoms with Crippen LogP contribution >= 0.6 is 15.9 Å². The molecular weight excluding hydrogens is 354 g/mol. The van der Waals surface area contributed by atoms with Gasteiger partial charge in [-0.25, -0.2) is 8.42 Å². The van der Waals surface area contributed by atoms with Crippen LogP contribution in [0.1, 0.15) is 38.1 Å². The molecule has 0 aromatic carbocycles. The minimum absolute atomic E-state index is 0.0219. The lowest BCUT2D eigenvalue weighted by Crippen LogP contribution is -2.28. The lowest BCUT2D eigenvalue weighted by Gasteiger charge is -2.16. The Hall–Kier alpha value is -0.400. The van der Waals surface area contributed by atoms with Gasteiger partial charge < -0.3 is 5.73 Å². The van der Waals surface area contributed by atoms with Gasteiger partial charge in [-0.3, -0.25) is 4.68 Å². The molecule has 120 valence electrons. The van der Waals surface area contributed by atoms with Crippen molar-refractivity contribution < 1.29 is 8.42 Å². The van der Waals surface area contributed by atoms with Crippen molar-refractivity contribution in [3.8, 4) is 0 Å². The van der Waals surface area contributed by atoms with Gasteiger partial charge in [0.25, 0.3) is 0 Å². The van der Waals surface area contributed by atoms with Gasteiger partial charge in [0.05, 0.1) is 27.4 Å². The van der Waals surface area contributed by atoms with Gasteiger partial charge in [0.15, 0.2) is 9.84 Å². The molecule has 0 bridgehead atoms. The van der Waals surface area contributed by atoms with Crippen molar-refractivity contribution in [3.63, 3.8) is 0 Å². The second-order valence-electron chi connectivity index (χ2n) is 5.85. The predicted octanol–water partition coefficient (Wildman–Crippen LogP) is 1.92. The Morgan fingerprint density at radius 3 is 2.71 bits per heavy atom. The normalized spacial score (nSPS) is 22.6. The topological polar surface area (TPSA) is 78.0 Å². The van der Waals surface area contributed by atoms with E-state index in [1.165, 1.54) is 0 Å². The SMILES string of the molecule is CCc1nn(CC)c(CC(N)CC2CCS(=O)(=O)C2)c1Br. The summed E-state index contributed by atoms with van der Waals surface area (Å²) in [7, 11) is -2.82. The van der Waals surface area contributed by atoms with Gasteiger partial charge in [0.2, 0.25) is 0 Å². The van der Waals surface area contributed by atoms with Gasteiger partial charge in [-0.05, 0) is 48.0 Å². The van der Waals surface area contributed by atoms with E-state index in [0.717, 1.165) is 48.1 Å². The molecule has 1 saturated heterocycles. The minimum Gasteiger partial charge on any atom is -0.327 e. The van der Waals surface area contributed by atoms with E-state index in [0.29, 0.717) is 11.5 Å². The summed E-state index contributed by atoms with van der Waals surface area (Å²) < 4.78 is 26.1. The summed E-state index contributed by atoms with van der Waals surface area (Å²) in [5.74, 6) is 0.836. The standard InChI is InChI=1S/C14H24BrN3O2S/c1-3-12-14(15)13(18(4-2)17-12)8-11(16)7-10-5-6-21(19,20)9-10/h10-11H,3-9,16H2,1-2H3. The number of hydrogen-bond acceptors (Lipinski definition) is 4. The van der Waals surface area contributed by atoms with Crippen molar-refractivity contribution in [3.05, 3.63) is 15.9 Å². The summed E-state index contributed by atoms with van der Waals surface area (Å²) >= 11 is 3.63. The van der Waals surface area contributed by atoms with Gasteiger partial charge in [-0.1, -0.05) is 6.92 Å². The fraction of sp³-hybridized carbons (Fsp3) is 0.786. The Labute approximate surface area is 135 Å². The van der Waals surface area contributed by atoms with Crippen LogP contribution in [0.3, 0.4) is 0 Å². The second-order valence-corrected chi connectivity index (χ2v) is 8.87. The Kier molecular flexibility index (Phi) is 5.48. The molecule has 2 N–H and O–H groups in total. The smallest absolute Gasteiger partial charge is 0.150 e. The van der Waals surface area contributed by atoms with E-state index in [1.54, 1.807) is 0 Å². The highest BCUT2D eigenvalue weighted by atomic mass is 79.9. The third-order valence-corrected chi connectivity index (χ3v) is 6.86. The summed E-state index contributed by atoms with van der Waals surface area (Å²) in [5.41, 5.74) is 8.45. The Morgan fingerprint density at radius 2 is 2.19 bits per heavy atom. The number of aryl methyl sites for hydroxylation is 2. The molecule has 2 rings (SSSR count). The van der Waals surface area contributed by atoms with E-state index in [2.05, 4.69) is 34.9 Å². The molecule has 0 spiro atoms. The zero-order chi connectivity index (χ0) is 15.6. The van der Waals surface area contributed by atoms with Gasteiger partial charge in [-0.2, -0.15) is 5.10 Å². The van der Waals surface area contributed by atoms with E-state index in [1.807, 2.05) is 4.68 Å². The molecule has 0 aliphatic carbocycles. The van der Waals surface area contributed by atoms with E-state index in [-0.39, 0.29) is 12.0 Å². The van der Waals surface area contributed by atoms with Gasteiger partial charge in [-0.15, -0.1) is 0 Å². The van der Waals surface area contributed by atoms with Crippen LogP contribution in [0.25, 0.3) is 0 Å². The first kappa shape index (κ1) is 17.0. The third kappa shape index (κ3) is 4.07. The summed E-state index contributed by atoms with van der Waals surface area (Å²) in [4.78, 5) is 0. The number of halogens is 1. The lowest BCUT2D eigenvalue weighted by atomic mass is 9.97. The predicted molar refractivity (Wildman–Crippen MR) is 88.0 cm³/mol.